The molecule has 0 aliphatic heterocycles. The molecule has 2 N–H and O–H groups in total. The van der Waals surface area contributed by atoms with Gasteiger partial charge >= 0.3 is 0 Å². The van der Waals surface area contributed by atoms with Crippen molar-refractivity contribution in [2.75, 3.05) is 6.26 Å². The quantitative estimate of drug-likeness (QED) is 0.693. The normalized spacial score (nSPS) is 12.4. The van der Waals surface area contributed by atoms with Gasteiger partial charge in [-0.2, -0.15) is 11.3 Å². The zero-order valence-electron chi connectivity index (χ0n) is 13.2. The monoisotopic (exact) mass is 413 g/mol. The second-order valence-electron chi connectivity index (χ2n) is 5.41. The number of hydrogen-bond donors (Lipinski definition) is 1. The highest BCUT2D eigenvalue weighted by atomic mass is 32.2. The van der Waals surface area contributed by atoms with Gasteiger partial charge in [0.05, 0.1) is 9.79 Å². The van der Waals surface area contributed by atoms with Crippen molar-refractivity contribution >= 4 is 42.3 Å². The number of nitrogens with two attached hydrogens (primary N) is 1. The van der Waals surface area contributed by atoms with Gasteiger partial charge in [-0.15, -0.1) is 11.3 Å². The molecule has 0 spiro atoms. The summed E-state index contributed by atoms with van der Waals surface area (Å²) in [5, 5.41) is 3.69. The maximum Gasteiger partial charge on any atom is 0.216 e. The topological polar surface area (TPSA) is 94.3 Å². The maximum absolute atomic E-state index is 12.9. The van der Waals surface area contributed by atoms with Gasteiger partial charge < -0.3 is 5.73 Å². The van der Waals surface area contributed by atoms with Gasteiger partial charge in [0.1, 0.15) is 4.21 Å². The van der Waals surface area contributed by atoms with Crippen LogP contribution >= 0.6 is 22.7 Å². The van der Waals surface area contributed by atoms with Crippen molar-refractivity contribution in [2.24, 2.45) is 5.73 Å². The van der Waals surface area contributed by atoms with Crippen LogP contribution in [0.15, 0.2) is 61.2 Å². The fourth-order valence-electron chi connectivity index (χ4n) is 2.26. The SMILES string of the molecule is CS(=O)(=O)c1cc(-c2ccsc2)cc(S(=O)(=O)c2ccc(CN)s2)c1. The van der Waals surface area contributed by atoms with Crippen molar-refractivity contribution in [1.29, 1.82) is 0 Å². The van der Waals surface area contributed by atoms with Gasteiger partial charge in [0.2, 0.25) is 9.84 Å². The van der Waals surface area contributed by atoms with Gasteiger partial charge in [-0.3, -0.25) is 0 Å². The van der Waals surface area contributed by atoms with Crippen LogP contribution in [0.25, 0.3) is 11.1 Å². The van der Waals surface area contributed by atoms with Crippen molar-refractivity contribution in [3.05, 3.63) is 52.0 Å². The summed E-state index contributed by atoms with van der Waals surface area (Å²) in [5.41, 5.74) is 6.88. The van der Waals surface area contributed by atoms with E-state index in [4.69, 9.17) is 5.73 Å². The van der Waals surface area contributed by atoms with Gasteiger partial charge in [0.25, 0.3) is 0 Å². The Morgan fingerprint density at radius 3 is 2.24 bits per heavy atom. The summed E-state index contributed by atoms with van der Waals surface area (Å²) in [7, 11) is -7.38. The average molecular weight is 414 g/mol. The van der Waals surface area contributed by atoms with Crippen molar-refractivity contribution < 1.29 is 16.8 Å². The molecule has 0 radical (unpaired) electrons. The number of sulfone groups is 2. The minimum atomic E-state index is -3.82. The van der Waals surface area contributed by atoms with E-state index < -0.39 is 19.7 Å². The molecule has 0 atom stereocenters. The number of hydrogen-bond acceptors (Lipinski definition) is 7. The molecule has 3 rings (SSSR count). The molecule has 0 fully saturated rings. The molecular weight excluding hydrogens is 398 g/mol. The Hall–Kier alpha value is -1.52. The standard InChI is InChI=1S/C16H15NO4S4/c1-24(18,19)14-6-12(11-4-5-22-10-11)7-15(8-14)25(20,21)16-3-2-13(9-17)23-16/h2-8,10H,9,17H2,1H3. The first-order chi connectivity index (χ1) is 11.7. The van der Waals surface area contributed by atoms with Crippen LogP contribution in [0.1, 0.15) is 4.88 Å². The third-order valence-electron chi connectivity index (χ3n) is 3.58. The molecule has 0 amide bonds. The van der Waals surface area contributed by atoms with Crippen LogP contribution in [-0.2, 0) is 26.2 Å². The summed E-state index contributed by atoms with van der Waals surface area (Å²) in [6.45, 7) is 0.254. The molecule has 0 saturated carbocycles. The molecule has 2 heterocycles. The van der Waals surface area contributed by atoms with Gasteiger partial charge in [0.15, 0.2) is 9.84 Å². The Labute approximate surface area is 154 Å². The molecule has 0 aliphatic rings. The molecule has 9 heteroatoms. The van der Waals surface area contributed by atoms with Crippen molar-refractivity contribution in [1.82, 2.24) is 0 Å². The molecule has 3 aromatic rings. The molecule has 132 valence electrons. The molecule has 5 nitrogen and oxygen atoms in total. The van der Waals surface area contributed by atoms with Gasteiger partial charge in [-0.25, -0.2) is 16.8 Å². The third kappa shape index (κ3) is 3.70. The summed E-state index contributed by atoms with van der Waals surface area (Å²) in [6, 6.07) is 9.20. The second-order valence-corrected chi connectivity index (χ2v) is 11.5. The van der Waals surface area contributed by atoms with Crippen LogP contribution in [0, 0.1) is 0 Å². The van der Waals surface area contributed by atoms with Gasteiger partial charge in [0, 0.05) is 17.7 Å². The predicted octanol–water partition coefficient (Wildman–Crippen LogP) is 3.17. The van der Waals surface area contributed by atoms with E-state index in [1.807, 2.05) is 16.8 Å². The highest BCUT2D eigenvalue weighted by Gasteiger charge is 2.23. The van der Waals surface area contributed by atoms with Crippen LogP contribution in [0.2, 0.25) is 0 Å². The molecule has 0 aliphatic carbocycles. The minimum absolute atomic E-state index is 0.0228. The van der Waals surface area contributed by atoms with E-state index in [0.717, 1.165) is 28.0 Å². The largest absolute Gasteiger partial charge is 0.326 e. The van der Waals surface area contributed by atoms with E-state index in [1.54, 1.807) is 6.07 Å². The lowest BCUT2D eigenvalue weighted by atomic mass is 10.1. The molecule has 0 bridgehead atoms. The zero-order valence-corrected chi connectivity index (χ0v) is 16.4. The smallest absolute Gasteiger partial charge is 0.216 e. The Kier molecular flexibility index (Phi) is 4.86. The first kappa shape index (κ1) is 18.3. The summed E-state index contributed by atoms with van der Waals surface area (Å²) in [6.07, 6.45) is 1.06. The number of rotatable bonds is 5. The summed E-state index contributed by atoms with van der Waals surface area (Å²) >= 11 is 2.54. The van der Waals surface area contributed by atoms with Crippen molar-refractivity contribution in [3.8, 4) is 11.1 Å². The van der Waals surface area contributed by atoms with Gasteiger partial charge in [-0.1, -0.05) is 0 Å². The molecule has 25 heavy (non-hydrogen) atoms. The second kappa shape index (κ2) is 6.65. The molecule has 0 saturated heterocycles. The van der Waals surface area contributed by atoms with E-state index in [-0.39, 0.29) is 20.5 Å². The van der Waals surface area contributed by atoms with E-state index in [1.165, 1.54) is 35.6 Å². The average Bonchev–Trinajstić information content (AvgIpc) is 3.25. The van der Waals surface area contributed by atoms with Gasteiger partial charge in [-0.05, 0) is 58.3 Å². The van der Waals surface area contributed by atoms with Crippen LogP contribution in [0.5, 0.6) is 0 Å². The Bertz CT molecular complexity index is 1110. The lowest BCUT2D eigenvalue weighted by Crippen LogP contribution is -2.04. The van der Waals surface area contributed by atoms with Crippen LogP contribution in [0.4, 0.5) is 0 Å². The predicted molar refractivity (Wildman–Crippen MR) is 101 cm³/mol. The van der Waals surface area contributed by atoms with E-state index in [0.29, 0.717) is 5.56 Å². The fraction of sp³-hybridized carbons (Fsp3) is 0.125. The maximum atomic E-state index is 12.9. The first-order valence-electron chi connectivity index (χ1n) is 7.13. The van der Waals surface area contributed by atoms with Crippen LogP contribution < -0.4 is 5.73 Å². The Balaban J connectivity index is 2.23. The zero-order chi connectivity index (χ0) is 18.2. The van der Waals surface area contributed by atoms with Crippen molar-refractivity contribution in [3.63, 3.8) is 0 Å². The lowest BCUT2D eigenvalue weighted by Gasteiger charge is -2.08. The molecular formula is C16H15NO4S4. The van der Waals surface area contributed by atoms with Crippen LogP contribution in [-0.4, -0.2) is 23.1 Å². The van der Waals surface area contributed by atoms with E-state index in [2.05, 4.69) is 0 Å². The van der Waals surface area contributed by atoms with E-state index in [9.17, 15) is 16.8 Å². The highest BCUT2D eigenvalue weighted by molar-refractivity contribution is 7.93. The molecule has 2 aromatic heterocycles. The molecule has 0 unspecified atom stereocenters. The summed E-state index contributed by atoms with van der Waals surface area (Å²) in [4.78, 5) is 0.684. The first-order valence-corrected chi connectivity index (χ1v) is 12.3. The molecule has 1 aromatic carbocycles. The lowest BCUT2D eigenvalue weighted by molar-refractivity contribution is 0.597. The Morgan fingerprint density at radius 2 is 1.68 bits per heavy atom. The summed E-state index contributed by atoms with van der Waals surface area (Å²) in [5.74, 6) is 0. The minimum Gasteiger partial charge on any atom is -0.326 e. The summed E-state index contributed by atoms with van der Waals surface area (Å²) < 4.78 is 50.1. The highest BCUT2D eigenvalue weighted by Crippen LogP contribution is 2.33. The van der Waals surface area contributed by atoms with Crippen molar-refractivity contribution in [2.45, 2.75) is 20.5 Å². The van der Waals surface area contributed by atoms with E-state index >= 15 is 0 Å². The fourth-order valence-corrected chi connectivity index (χ4v) is 6.39. The third-order valence-corrected chi connectivity index (χ3v) is 8.68. The van der Waals surface area contributed by atoms with Crippen LogP contribution in [0.3, 0.4) is 0 Å². The number of thiophene rings is 2. The Morgan fingerprint density at radius 1 is 0.960 bits per heavy atom. The number of benzene rings is 1.